The van der Waals surface area contributed by atoms with Gasteiger partial charge in [0.25, 0.3) is 0 Å². The van der Waals surface area contributed by atoms with Gasteiger partial charge in [0, 0.05) is 30.2 Å². The van der Waals surface area contributed by atoms with Crippen LogP contribution in [0.1, 0.15) is 22.9 Å². The Labute approximate surface area is 152 Å². The predicted molar refractivity (Wildman–Crippen MR) is 102 cm³/mol. The van der Waals surface area contributed by atoms with Gasteiger partial charge in [0.2, 0.25) is 5.88 Å². The van der Waals surface area contributed by atoms with Gasteiger partial charge in [-0.2, -0.15) is 0 Å². The van der Waals surface area contributed by atoms with Gasteiger partial charge in [-0.3, -0.25) is 0 Å². The molecule has 25 heavy (non-hydrogen) atoms. The van der Waals surface area contributed by atoms with E-state index in [9.17, 15) is 0 Å². The molecule has 0 saturated carbocycles. The lowest BCUT2D eigenvalue weighted by atomic mass is 10.2. The van der Waals surface area contributed by atoms with E-state index in [2.05, 4.69) is 28.7 Å². The average Bonchev–Trinajstić information content (AvgIpc) is 3.02. The van der Waals surface area contributed by atoms with Gasteiger partial charge in [-0.25, -0.2) is 4.98 Å². The zero-order valence-electron chi connectivity index (χ0n) is 14.5. The van der Waals surface area contributed by atoms with E-state index in [4.69, 9.17) is 9.47 Å². The molecule has 0 spiro atoms. The van der Waals surface area contributed by atoms with Crippen LogP contribution in [0.5, 0.6) is 17.4 Å². The van der Waals surface area contributed by atoms with Gasteiger partial charge in [0.15, 0.2) is 0 Å². The van der Waals surface area contributed by atoms with Crippen LogP contribution in [0.3, 0.4) is 0 Å². The summed E-state index contributed by atoms with van der Waals surface area (Å²) in [5, 5.41) is 5.59. The Morgan fingerprint density at radius 2 is 1.84 bits per heavy atom. The summed E-state index contributed by atoms with van der Waals surface area (Å²) in [7, 11) is 0. The minimum atomic E-state index is 0.593. The number of hydrogen-bond donors (Lipinski definition) is 1. The lowest BCUT2D eigenvalue weighted by Crippen LogP contribution is -2.12. The zero-order chi connectivity index (χ0) is 17.5. The number of ether oxygens (including phenoxy) is 2. The van der Waals surface area contributed by atoms with Crippen LogP contribution in [0.25, 0.3) is 0 Å². The predicted octanol–water partition coefficient (Wildman–Crippen LogP) is 4.93. The molecule has 0 amide bonds. The molecule has 0 aliphatic rings. The second kappa shape index (κ2) is 8.65. The highest BCUT2D eigenvalue weighted by Gasteiger charge is 2.03. The minimum absolute atomic E-state index is 0.593. The van der Waals surface area contributed by atoms with Crippen molar-refractivity contribution in [3.8, 4) is 17.4 Å². The first-order valence-corrected chi connectivity index (χ1v) is 9.22. The fourth-order valence-corrected chi connectivity index (χ4v) is 3.29. The van der Waals surface area contributed by atoms with Gasteiger partial charge >= 0.3 is 0 Å². The highest BCUT2D eigenvalue weighted by Crippen LogP contribution is 2.23. The third-order valence-corrected chi connectivity index (χ3v) is 4.76. The maximum atomic E-state index is 5.83. The Hall–Kier alpha value is -2.37. The number of thiophene rings is 1. The Kier molecular flexibility index (Phi) is 6.04. The number of aryl methyl sites for hydroxylation is 1. The summed E-state index contributed by atoms with van der Waals surface area (Å²) in [4.78, 5) is 5.66. The molecule has 0 aliphatic heterocycles. The van der Waals surface area contributed by atoms with Gasteiger partial charge in [0.05, 0.1) is 6.61 Å². The maximum Gasteiger partial charge on any atom is 0.219 e. The van der Waals surface area contributed by atoms with Crippen LogP contribution >= 0.6 is 11.3 Å². The van der Waals surface area contributed by atoms with E-state index in [-0.39, 0.29) is 0 Å². The number of nitrogens with zero attached hydrogens (tertiary/aromatic N) is 1. The van der Waals surface area contributed by atoms with Crippen LogP contribution in [-0.2, 0) is 13.1 Å². The van der Waals surface area contributed by atoms with Crippen LogP contribution in [0.15, 0.2) is 54.0 Å². The molecule has 1 N–H and O–H groups in total. The Balaban J connectivity index is 1.56. The van der Waals surface area contributed by atoms with Crippen LogP contribution < -0.4 is 14.8 Å². The first kappa shape index (κ1) is 17.5. The fraction of sp³-hybridized carbons (Fsp3) is 0.250. The molecular weight excluding hydrogens is 332 g/mol. The molecule has 0 radical (unpaired) electrons. The molecule has 130 valence electrons. The third kappa shape index (κ3) is 5.05. The molecule has 0 unspecified atom stereocenters. The standard InChI is InChI=1S/C20H22N2O2S/c1-3-23-17-4-6-18(7-5-17)24-20-12-16(8-10-22-20)13-21-14-19-15(2)9-11-25-19/h4-12,21H,3,13-14H2,1-2H3. The third-order valence-electron chi connectivity index (χ3n) is 3.74. The molecule has 0 atom stereocenters. The smallest absolute Gasteiger partial charge is 0.219 e. The first-order chi connectivity index (χ1) is 12.2. The lowest BCUT2D eigenvalue weighted by Gasteiger charge is -2.09. The van der Waals surface area contributed by atoms with Gasteiger partial charge < -0.3 is 14.8 Å². The number of pyridine rings is 1. The zero-order valence-corrected chi connectivity index (χ0v) is 15.3. The van der Waals surface area contributed by atoms with E-state index in [1.54, 1.807) is 17.5 Å². The van der Waals surface area contributed by atoms with Gasteiger partial charge in [-0.15, -0.1) is 11.3 Å². The maximum absolute atomic E-state index is 5.83. The minimum Gasteiger partial charge on any atom is -0.494 e. The Morgan fingerprint density at radius 3 is 2.56 bits per heavy atom. The molecule has 3 rings (SSSR count). The van der Waals surface area contributed by atoms with Crippen molar-refractivity contribution >= 4 is 11.3 Å². The van der Waals surface area contributed by atoms with Crippen molar-refractivity contribution in [2.75, 3.05) is 6.61 Å². The van der Waals surface area contributed by atoms with Crippen LogP contribution in [0.2, 0.25) is 0 Å². The SMILES string of the molecule is CCOc1ccc(Oc2cc(CNCc3sccc3C)ccn2)cc1. The topological polar surface area (TPSA) is 43.4 Å². The molecule has 4 nitrogen and oxygen atoms in total. The molecular formula is C20H22N2O2S. The molecule has 1 aromatic carbocycles. The molecule has 2 aromatic heterocycles. The van der Waals surface area contributed by atoms with Gasteiger partial charge in [-0.05, 0) is 66.8 Å². The molecule has 0 saturated heterocycles. The summed E-state index contributed by atoms with van der Waals surface area (Å²) in [6.45, 7) is 6.42. The van der Waals surface area contributed by atoms with Crippen molar-refractivity contribution in [3.63, 3.8) is 0 Å². The average molecular weight is 354 g/mol. The van der Waals surface area contributed by atoms with E-state index in [0.29, 0.717) is 12.5 Å². The summed E-state index contributed by atoms with van der Waals surface area (Å²) in [6.07, 6.45) is 1.78. The van der Waals surface area contributed by atoms with Crippen molar-refractivity contribution in [2.45, 2.75) is 26.9 Å². The highest BCUT2D eigenvalue weighted by atomic mass is 32.1. The fourth-order valence-electron chi connectivity index (χ4n) is 2.41. The van der Waals surface area contributed by atoms with E-state index < -0.39 is 0 Å². The number of aromatic nitrogens is 1. The Morgan fingerprint density at radius 1 is 1.04 bits per heavy atom. The quantitative estimate of drug-likeness (QED) is 0.623. The number of nitrogens with one attached hydrogen (secondary N) is 1. The second-order valence-electron chi connectivity index (χ2n) is 5.64. The molecule has 0 fully saturated rings. The molecule has 3 aromatic rings. The summed E-state index contributed by atoms with van der Waals surface area (Å²) < 4.78 is 11.3. The normalized spacial score (nSPS) is 10.6. The van der Waals surface area contributed by atoms with Crippen LogP contribution in [0.4, 0.5) is 0 Å². The van der Waals surface area contributed by atoms with E-state index in [1.807, 2.05) is 43.3 Å². The van der Waals surface area contributed by atoms with Crippen molar-refractivity contribution < 1.29 is 9.47 Å². The summed E-state index contributed by atoms with van der Waals surface area (Å²) in [6, 6.07) is 13.7. The first-order valence-electron chi connectivity index (χ1n) is 8.34. The molecule has 2 heterocycles. The molecule has 0 aliphatic carbocycles. The monoisotopic (exact) mass is 354 g/mol. The van der Waals surface area contributed by atoms with Crippen molar-refractivity contribution in [2.24, 2.45) is 0 Å². The lowest BCUT2D eigenvalue weighted by molar-refractivity contribution is 0.339. The Bertz CT molecular complexity index is 799. The summed E-state index contributed by atoms with van der Waals surface area (Å²) in [5.74, 6) is 2.18. The van der Waals surface area contributed by atoms with Crippen LogP contribution in [0, 0.1) is 6.92 Å². The highest BCUT2D eigenvalue weighted by molar-refractivity contribution is 7.10. The molecule has 0 bridgehead atoms. The van der Waals surface area contributed by atoms with E-state index in [0.717, 1.165) is 30.2 Å². The van der Waals surface area contributed by atoms with E-state index in [1.165, 1.54) is 10.4 Å². The number of benzene rings is 1. The largest absolute Gasteiger partial charge is 0.494 e. The molecule has 5 heteroatoms. The van der Waals surface area contributed by atoms with Crippen LogP contribution in [-0.4, -0.2) is 11.6 Å². The van der Waals surface area contributed by atoms with E-state index >= 15 is 0 Å². The van der Waals surface area contributed by atoms with Crippen molar-refractivity contribution in [3.05, 3.63) is 70.0 Å². The van der Waals surface area contributed by atoms with Gasteiger partial charge in [0.1, 0.15) is 11.5 Å². The number of rotatable bonds is 8. The number of hydrogen-bond acceptors (Lipinski definition) is 5. The van der Waals surface area contributed by atoms with Gasteiger partial charge in [-0.1, -0.05) is 0 Å². The second-order valence-corrected chi connectivity index (χ2v) is 6.64. The van der Waals surface area contributed by atoms with Crippen molar-refractivity contribution in [1.29, 1.82) is 0 Å². The van der Waals surface area contributed by atoms with Crippen molar-refractivity contribution in [1.82, 2.24) is 10.3 Å². The summed E-state index contributed by atoms with van der Waals surface area (Å²) in [5.41, 5.74) is 2.48. The summed E-state index contributed by atoms with van der Waals surface area (Å²) >= 11 is 1.78.